The Kier molecular flexibility index (Phi) is 64.9. The van der Waals surface area contributed by atoms with Gasteiger partial charge < -0.3 is 42.2 Å². The molecule has 0 atom stereocenters. The SMILES string of the molecule is Cc1ccc(N=N[N-]c2ccc(C)cc2)cc1.Cc1ccc(N=N[N-]c2ccc(C)cc2)cc1.Cc1ccc(N=N[N-]c2ccc(C)cc2)cc1.Cc1ccc(N=N[N-]c2ccc(C)cc2)cc1.O=P(O)(F)F.O=P(O)(F)F.O=P(O)(F)F.O=P(O)(F)F.[C-]#[O+].[C-]#[O+].[Rh].[Rh].[Rh].[Rh].c1ccc(-c2ccccn2)nc1.c1ccc(-c2ccccn2)nc1. The minimum Gasteiger partial charge on any atom is -0.255 e. The van der Waals surface area contributed by atoms with Gasteiger partial charge in [0.05, 0.1) is 22.8 Å². The van der Waals surface area contributed by atoms with E-state index >= 15 is 0 Å². The molecule has 12 aromatic rings. The maximum absolute atomic E-state index is 10.1. The number of aryl methyl sites for hydroxylation is 8. The molecule has 0 unspecified atom stereocenters. The summed E-state index contributed by atoms with van der Waals surface area (Å²) >= 11 is 0. The van der Waals surface area contributed by atoms with Gasteiger partial charge in [-0.25, -0.2) is 18.3 Å². The fourth-order valence-electron chi connectivity index (χ4n) is 7.45. The third-order valence-corrected chi connectivity index (χ3v) is 12.7. The molecule has 0 aliphatic rings. The van der Waals surface area contributed by atoms with Gasteiger partial charge in [-0.3, -0.25) is 60.4 Å². The smallest absolute Gasteiger partial charge is 0.0886 e. The zero-order valence-corrected chi connectivity index (χ0v) is 74.4. The molecule has 0 spiro atoms. The second-order valence-corrected chi connectivity index (χ2v) is 25.9. The van der Waals surface area contributed by atoms with Crippen LogP contribution in [0.2, 0.25) is 0 Å². The Morgan fingerprint density at radius 1 is 0.250 bits per heavy atom. The van der Waals surface area contributed by atoms with Gasteiger partial charge in [0.2, 0.25) is 0 Å². The molecule has 0 aliphatic carbocycles. The van der Waals surface area contributed by atoms with E-state index < -0.39 is 32.0 Å². The van der Waals surface area contributed by atoms with Gasteiger partial charge in [0.15, 0.2) is 0 Å². The molecule has 8 aromatic carbocycles. The largest absolute Gasteiger partial charge is 0.255 e. The molecule has 0 fully saturated rings. The summed E-state index contributed by atoms with van der Waals surface area (Å²) in [6.45, 7) is 25.3. The molecular weight excluding hydrogens is 2010 g/mol. The first kappa shape index (κ1) is 116. The minimum atomic E-state index is -5.64. The van der Waals surface area contributed by atoms with Gasteiger partial charge in [0.1, 0.15) is 0 Å². The summed E-state index contributed by atoms with van der Waals surface area (Å²) < 4.78 is 130. The number of nitrogens with zero attached hydrogens (tertiary/aromatic N) is 16. The molecule has 4 N–H and O–H groups in total. The Bertz CT molecular complexity index is 4390. The second-order valence-electron chi connectivity index (χ2n) is 22.4. The Labute approximate surface area is 741 Å². The molecule has 4 heterocycles. The number of halogens is 8. The van der Waals surface area contributed by atoms with Crippen molar-refractivity contribution >= 4 is 77.5 Å². The van der Waals surface area contributed by atoms with E-state index in [1.165, 1.54) is 44.5 Å². The summed E-state index contributed by atoms with van der Waals surface area (Å²) in [5, 5.41) is 31.4. The van der Waals surface area contributed by atoms with Crippen molar-refractivity contribution in [2.24, 2.45) is 41.4 Å². The van der Waals surface area contributed by atoms with E-state index in [1.54, 1.807) is 24.8 Å². The van der Waals surface area contributed by atoms with Crippen LogP contribution < -0.4 is 0 Å². The van der Waals surface area contributed by atoms with Crippen LogP contribution in [0.1, 0.15) is 44.5 Å². The molecule has 0 amide bonds. The van der Waals surface area contributed by atoms with Gasteiger partial charge in [-0.2, -0.15) is 0 Å². The molecule has 0 aliphatic heterocycles. The fraction of sp³-hybridized carbons (Fsp3) is 0.103. The van der Waals surface area contributed by atoms with Crippen LogP contribution in [0, 0.1) is 68.7 Å². The van der Waals surface area contributed by atoms with Crippen molar-refractivity contribution in [1.29, 1.82) is 0 Å². The van der Waals surface area contributed by atoms with E-state index in [1.807, 2.05) is 322 Å². The van der Waals surface area contributed by atoms with E-state index in [4.69, 9.17) is 47.1 Å². The number of hydrogen-bond acceptors (Lipinski definition) is 16. The number of pyridine rings is 4. The molecule has 0 saturated carbocycles. The molecule has 42 heteroatoms. The third kappa shape index (κ3) is 69.0. The van der Waals surface area contributed by atoms with Gasteiger partial charge in [-0.05, 0) is 149 Å². The van der Waals surface area contributed by atoms with Crippen molar-refractivity contribution in [1.82, 2.24) is 19.9 Å². The van der Waals surface area contributed by atoms with Crippen molar-refractivity contribution in [2.45, 2.75) is 55.4 Å². The summed E-state index contributed by atoms with van der Waals surface area (Å²) in [5.41, 5.74) is 35.9. The standard InChI is InChI=1S/4C14H14N3.2C10H8N2.2CO.4F2HO2P.4Rh/c4*1-11-3-7-13(8-4-11)15-17-16-14-9-5-12(2)6-10-14;2*1-3-7-11-9(5-1)10-6-2-4-8-12-10;2*1-2;4*1-5(2,3)4;;;;/h4*3-10H,1-2H3;2*1-8H;;;4*(H,3,4);;;;/q4*-1;;;;;;;;;;;;. The predicted molar refractivity (Wildman–Crippen MR) is 431 cm³/mol. The first-order valence-electron chi connectivity index (χ1n) is 32.8. The van der Waals surface area contributed by atoms with Crippen LogP contribution in [-0.4, -0.2) is 39.5 Å². The first-order chi connectivity index (χ1) is 54.9. The second kappa shape index (κ2) is 66.9. The van der Waals surface area contributed by atoms with Crippen molar-refractivity contribution < 1.29 is 159 Å². The van der Waals surface area contributed by atoms with Crippen LogP contribution in [0.25, 0.3) is 44.5 Å². The van der Waals surface area contributed by atoms with Gasteiger partial charge in [0, 0.05) is 103 Å². The molecule has 120 heavy (non-hydrogen) atoms. The maximum Gasteiger partial charge on any atom is 0.0886 e. The summed E-state index contributed by atoms with van der Waals surface area (Å²) in [6.07, 6.45) is 7.07. The van der Waals surface area contributed by atoms with Crippen LogP contribution in [0.3, 0.4) is 0 Å². The van der Waals surface area contributed by atoms with Crippen LogP contribution in [-0.2, 0) is 105 Å². The van der Waals surface area contributed by atoms with Crippen LogP contribution >= 0.6 is 32.0 Å². The quantitative estimate of drug-likeness (QED) is 0.0150. The van der Waals surface area contributed by atoms with Crippen molar-refractivity contribution in [3.63, 3.8) is 0 Å². The van der Waals surface area contributed by atoms with E-state index in [0.29, 0.717) is 0 Å². The molecule has 4 aromatic heterocycles. The van der Waals surface area contributed by atoms with E-state index in [9.17, 15) is 33.6 Å². The van der Waals surface area contributed by atoms with Crippen molar-refractivity contribution in [2.75, 3.05) is 0 Å². The Balaban J connectivity index is -0.000000636. The van der Waals surface area contributed by atoms with Gasteiger partial charge in [0.25, 0.3) is 0 Å². The summed E-state index contributed by atoms with van der Waals surface area (Å²) in [7, 11) is -22.6. The Morgan fingerprint density at radius 2 is 0.375 bits per heavy atom. The number of rotatable bonds is 14. The zero-order chi connectivity index (χ0) is 86.8. The monoisotopic (exact) mass is 2080 g/mol. The summed E-state index contributed by atoms with van der Waals surface area (Å²) in [4.78, 5) is 43.7. The van der Waals surface area contributed by atoms with Gasteiger partial charge >= 0.3 is 54.6 Å². The average Bonchev–Trinajstić information content (AvgIpc) is 0.884. The number of aromatic nitrogens is 4. The molecule has 12 rings (SSSR count). The summed E-state index contributed by atoms with van der Waals surface area (Å²) in [6, 6.07) is 85.9. The summed E-state index contributed by atoms with van der Waals surface area (Å²) in [5.74, 6) is 0. The van der Waals surface area contributed by atoms with E-state index in [0.717, 1.165) is 68.3 Å². The Morgan fingerprint density at radius 3 is 0.492 bits per heavy atom. The topological polar surface area (TPSA) is 396 Å². The maximum atomic E-state index is 10.1. The van der Waals surface area contributed by atoms with Crippen LogP contribution in [0.15, 0.2) is 333 Å². The zero-order valence-electron chi connectivity index (χ0n) is 64.3. The fourth-order valence-corrected chi connectivity index (χ4v) is 7.45. The average molecular weight is 2090 g/mol. The molecule has 0 saturated heterocycles. The predicted octanol–water partition coefficient (Wildman–Crippen LogP) is 28.3. The van der Waals surface area contributed by atoms with E-state index in [-0.39, 0.29) is 77.9 Å². The van der Waals surface area contributed by atoms with Crippen molar-refractivity contribution in [3.05, 3.63) is 371 Å². The molecule has 4 radical (unpaired) electrons. The normalized spacial score (nSPS) is 10.0. The molecule has 26 nitrogen and oxygen atoms in total. The Hall–Kier alpha value is -9.87. The number of hydrogen-bond donors (Lipinski definition) is 4. The van der Waals surface area contributed by atoms with E-state index in [2.05, 4.69) is 96.3 Å². The van der Waals surface area contributed by atoms with Crippen molar-refractivity contribution in [3.8, 4) is 22.8 Å². The van der Waals surface area contributed by atoms with Crippen LogP contribution in [0.4, 0.5) is 79.1 Å². The number of benzene rings is 8. The first-order valence-corrected chi connectivity index (χ1v) is 38.6. The molecular formula is C78H76F8N16O10P4Rh4-4. The van der Waals surface area contributed by atoms with Crippen LogP contribution in [0.5, 0.6) is 0 Å². The van der Waals surface area contributed by atoms with Gasteiger partial charge in [-0.1, -0.05) is 263 Å². The van der Waals surface area contributed by atoms with Gasteiger partial charge in [-0.15, -0.1) is 33.6 Å². The third-order valence-electron chi connectivity index (χ3n) is 12.7. The minimum absolute atomic E-state index is 0. The molecule has 0 bridgehead atoms. The molecule has 644 valence electrons.